The normalized spacial score (nSPS) is 10.7. The molecule has 21 heavy (non-hydrogen) atoms. The third kappa shape index (κ3) is 3.02. The van der Waals surface area contributed by atoms with Gasteiger partial charge in [-0.1, -0.05) is 6.07 Å². The third-order valence-electron chi connectivity index (χ3n) is 3.37. The number of hydrogen-bond donors (Lipinski definition) is 1. The molecule has 0 radical (unpaired) electrons. The number of nitrogens with one attached hydrogen (secondary N) is 1. The van der Waals surface area contributed by atoms with Gasteiger partial charge in [-0.3, -0.25) is 4.98 Å². The van der Waals surface area contributed by atoms with Gasteiger partial charge in [-0.2, -0.15) is 0 Å². The van der Waals surface area contributed by atoms with Crippen LogP contribution in [0.15, 0.2) is 55.0 Å². The molecule has 2 aromatic heterocycles. The molecule has 0 saturated heterocycles. The van der Waals surface area contributed by atoms with Crippen LogP contribution in [0.25, 0.3) is 10.9 Å². The second-order valence-corrected chi connectivity index (χ2v) is 4.83. The first-order chi connectivity index (χ1) is 10.2. The van der Waals surface area contributed by atoms with E-state index in [1.54, 1.807) is 12.4 Å². The Hall–Kier alpha value is -2.82. The fourth-order valence-corrected chi connectivity index (χ4v) is 2.36. The van der Waals surface area contributed by atoms with Crippen LogP contribution in [-0.2, 0) is 13.1 Å². The fourth-order valence-electron chi connectivity index (χ4n) is 2.36. The number of rotatable bonds is 4. The number of fused-ring (bicyclic) bond motifs is 1. The zero-order valence-corrected chi connectivity index (χ0v) is 11.3. The summed E-state index contributed by atoms with van der Waals surface area (Å²) in [6.45, 7) is 1.04. The van der Waals surface area contributed by atoms with Gasteiger partial charge in [0.25, 0.3) is 0 Å². The summed E-state index contributed by atoms with van der Waals surface area (Å²) in [6, 6.07) is 11.9. The molecule has 5 heteroatoms. The second-order valence-electron chi connectivity index (χ2n) is 4.83. The van der Waals surface area contributed by atoms with Crippen molar-refractivity contribution in [3.05, 3.63) is 66.1 Å². The van der Waals surface area contributed by atoms with Crippen molar-refractivity contribution in [2.75, 3.05) is 0 Å². The van der Waals surface area contributed by atoms with Crippen molar-refractivity contribution in [3.63, 3.8) is 0 Å². The van der Waals surface area contributed by atoms with Crippen molar-refractivity contribution in [1.82, 2.24) is 14.9 Å². The number of carbonyl (C=O) groups excluding carboxylic acids is 1. The first kappa shape index (κ1) is 13.2. The molecule has 0 atom stereocenters. The van der Waals surface area contributed by atoms with Crippen LogP contribution in [0.2, 0.25) is 0 Å². The van der Waals surface area contributed by atoms with Crippen molar-refractivity contribution in [2.45, 2.75) is 13.1 Å². The third-order valence-corrected chi connectivity index (χ3v) is 3.37. The van der Waals surface area contributed by atoms with E-state index in [0.29, 0.717) is 0 Å². The Kier molecular flexibility index (Phi) is 3.55. The predicted molar refractivity (Wildman–Crippen MR) is 77.5 cm³/mol. The summed E-state index contributed by atoms with van der Waals surface area (Å²) in [5.74, 6) is 0. The van der Waals surface area contributed by atoms with Gasteiger partial charge in [-0.15, -0.1) is 0 Å². The highest BCUT2D eigenvalue weighted by molar-refractivity contribution is 5.81. The van der Waals surface area contributed by atoms with Crippen LogP contribution in [0, 0.1) is 0 Å². The highest BCUT2D eigenvalue weighted by atomic mass is 16.4. The predicted octanol–water partition coefficient (Wildman–Crippen LogP) is 1.52. The Labute approximate surface area is 121 Å². The molecule has 1 amide bonds. The quantitative estimate of drug-likeness (QED) is 0.787. The molecule has 0 aliphatic carbocycles. The number of benzene rings is 1. The van der Waals surface area contributed by atoms with Crippen LogP contribution in [0.4, 0.5) is 4.79 Å². The van der Waals surface area contributed by atoms with Crippen molar-refractivity contribution >= 4 is 17.0 Å². The minimum atomic E-state index is -1.26. The molecule has 3 rings (SSSR count). The van der Waals surface area contributed by atoms with E-state index in [-0.39, 0.29) is 6.54 Å². The van der Waals surface area contributed by atoms with E-state index >= 15 is 0 Å². The van der Waals surface area contributed by atoms with Crippen LogP contribution in [-0.4, -0.2) is 15.6 Å². The smallest absolute Gasteiger partial charge is 0.134 e. The van der Waals surface area contributed by atoms with Crippen molar-refractivity contribution in [1.29, 1.82) is 0 Å². The summed E-state index contributed by atoms with van der Waals surface area (Å²) >= 11 is 0. The first-order valence-corrected chi connectivity index (χ1v) is 6.64. The molecule has 0 aliphatic rings. The lowest BCUT2D eigenvalue weighted by molar-refractivity contribution is -0.251. The minimum Gasteiger partial charge on any atom is -0.530 e. The molecule has 2 heterocycles. The lowest BCUT2D eigenvalue weighted by Crippen LogP contribution is -2.35. The molecule has 0 bridgehead atoms. The molecule has 0 saturated carbocycles. The maximum absolute atomic E-state index is 10.4. The number of amides is 1. The van der Waals surface area contributed by atoms with Gasteiger partial charge in [-0.25, -0.2) is 0 Å². The Bertz CT molecular complexity index is 766. The SMILES string of the molecule is O=C([O-])NCc1ccc2c(ccn2Cc2ccncc2)c1. The molecule has 3 aromatic rings. The lowest BCUT2D eigenvalue weighted by atomic mass is 10.1. The van der Waals surface area contributed by atoms with E-state index in [9.17, 15) is 9.90 Å². The molecule has 106 valence electrons. The van der Waals surface area contributed by atoms with Gasteiger partial charge in [0.1, 0.15) is 6.09 Å². The Morgan fingerprint density at radius 2 is 1.95 bits per heavy atom. The monoisotopic (exact) mass is 280 g/mol. The van der Waals surface area contributed by atoms with Crippen LogP contribution < -0.4 is 10.4 Å². The fraction of sp³-hybridized carbons (Fsp3) is 0.125. The molecular weight excluding hydrogens is 266 g/mol. The van der Waals surface area contributed by atoms with Crippen LogP contribution in [0.5, 0.6) is 0 Å². The number of aromatic nitrogens is 2. The van der Waals surface area contributed by atoms with Gasteiger partial charge >= 0.3 is 0 Å². The molecule has 0 fully saturated rings. The highest BCUT2D eigenvalue weighted by Gasteiger charge is 2.03. The topological polar surface area (TPSA) is 70.0 Å². The van der Waals surface area contributed by atoms with Crippen LogP contribution in [0.3, 0.4) is 0 Å². The summed E-state index contributed by atoms with van der Waals surface area (Å²) in [5.41, 5.74) is 3.21. The molecule has 0 unspecified atom stereocenters. The Morgan fingerprint density at radius 3 is 2.71 bits per heavy atom. The van der Waals surface area contributed by atoms with E-state index < -0.39 is 6.09 Å². The zero-order chi connectivity index (χ0) is 14.7. The summed E-state index contributed by atoms with van der Waals surface area (Å²) in [4.78, 5) is 14.4. The van der Waals surface area contributed by atoms with Gasteiger partial charge in [0.2, 0.25) is 0 Å². The molecular formula is C16H14N3O2-. The van der Waals surface area contributed by atoms with Crippen molar-refractivity contribution in [2.24, 2.45) is 0 Å². The van der Waals surface area contributed by atoms with Gasteiger partial charge in [-0.05, 0) is 46.8 Å². The number of carbonyl (C=O) groups is 1. The molecule has 0 spiro atoms. The van der Waals surface area contributed by atoms with Crippen molar-refractivity contribution < 1.29 is 9.90 Å². The highest BCUT2D eigenvalue weighted by Crippen LogP contribution is 2.19. The van der Waals surface area contributed by atoms with Gasteiger partial charge < -0.3 is 19.8 Å². The van der Waals surface area contributed by atoms with E-state index in [0.717, 1.165) is 23.0 Å². The Balaban J connectivity index is 1.84. The largest absolute Gasteiger partial charge is 0.530 e. The van der Waals surface area contributed by atoms with Gasteiger partial charge in [0.05, 0.1) is 0 Å². The summed E-state index contributed by atoms with van der Waals surface area (Å²) < 4.78 is 2.15. The average molecular weight is 280 g/mol. The number of hydrogen-bond acceptors (Lipinski definition) is 3. The average Bonchev–Trinajstić information content (AvgIpc) is 2.89. The standard InChI is InChI=1S/C16H15N3O2/c20-16(21)18-10-13-1-2-15-14(9-13)5-8-19(15)11-12-3-6-17-7-4-12/h1-9,18H,10-11H2,(H,20,21)/p-1. The van der Waals surface area contributed by atoms with Gasteiger partial charge in [0, 0.05) is 37.2 Å². The van der Waals surface area contributed by atoms with E-state index in [1.165, 1.54) is 5.56 Å². The van der Waals surface area contributed by atoms with Crippen molar-refractivity contribution in [3.8, 4) is 0 Å². The summed E-state index contributed by atoms with van der Waals surface area (Å²) in [5, 5.41) is 13.8. The molecule has 5 nitrogen and oxygen atoms in total. The molecule has 1 aromatic carbocycles. The van der Waals surface area contributed by atoms with E-state index in [2.05, 4.69) is 14.9 Å². The van der Waals surface area contributed by atoms with Gasteiger partial charge in [0.15, 0.2) is 0 Å². The zero-order valence-electron chi connectivity index (χ0n) is 11.3. The first-order valence-electron chi connectivity index (χ1n) is 6.64. The maximum Gasteiger partial charge on any atom is 0.134 e. The number of nitrogens with zero attached hydrogens (tertiary/aromatic N) is 2. The maximum atomic E-state index is 10.4. The summed E-state index contributed by atoms with van der Waals surface area (Å²) in [7, 11) is 0. The number of carboxylic acid groups (broad SMARTS) is 1. The minimum absolute atomic E-state index is 0.258. The lowest BCUT2D eigenvalue weighted by Gasteiger charge is -2.08. The van der Waals surface area contributed by atoms with Crippen LogP contribution >= 0.6 is 0 Å². The van der Waals surface area contributed by atoms with E-state index in [4.69, 9.17) is 0 Å². The number of pyridine rings is 1. The second kappa shape index (κ2) is 5.66. The summed E-state index contributed by atoms with van der Waals surface area (Å²) in [6.07, 6.45) is 4.33. The van der Waals surface area contributed by atoms with Crippen LogP contribution in [0.1, 0.15) is 11.1 Å². The molecule has 1 N–H and O–H groups in total. The van der Waals surface area contributed by atoms with E-state index in [1.807, 2.05) is 42.6 Å². The Morgan fingerprint density at radius 1 is 1.14 bits per heavy atom. The molecule has 0 aliphatic heterocycles.